The minimum atomic E-state index is -0.449. The third kappa shape index (κ3) is 3.98. The molecule has 0 bridgehead atoms. The number of benzene rings is 2. The Labute approximate surface area is 156 Å². The minimum Gasteiger partial charge on any atom is -0.486 e. The third-order valence-corrected chi connectivity index (χ3v) is 4.22. The maximum atomic E-state index is 12.4. The average Bonchev–Trinajstić information content (AvgIpc) is 2.66. The number of rotatable bonds is 4. The van der Waals surface area contributed by atoms with E-state index >= 15 is 0 Å². The van der Waals surface area contributed by atoms with E-state index in [1.165, 1.54) is 6.08 Å². The van der Waals surface area contributed by atoms with Gasteiger partial charge in [-0.15, -0.1) is 0 Å². The number of halogens is 1. The van der Waals surface area contributed by atoms with Gasteiger partial charge < -0.3 is 14.8 Å². The summed E-state index contributed by atoms with van der Waals surface area (Å²) in [5, 5.41) is 12.6. The quantitative estimate of drug-likeness (QED) is 0.656. The molecule has 26 heavy (non-hydrogen) atoms. The molecule has 0 fully saturated rings. The van der Waals surface area contributed by atoms with Crippen LogP contribution in [0.15, 0.2) is 48.0 Å². The van der Waals surface area contributed by atoms with Gasteiger partial charge in [0.1, 0.15) is 24.9 Å². The molecule has 0 aromatic heterocycles. The van der Waals surface area contributed by atoms with E-state index in [4.69, 9.17) is 21.1 Å². The van der Waals surface area contributed by atoms with Crippen molar-refractivity contribution in [3.8, 4) is 17.6 Å². The van der Waals surface area contributed by atoms with Crippen LogP contribution < -0.4 is 14.8 Å². The lowest BCUT2D eigenvalue weighted by atomic mass is 10.1. The predicted molar refractivity (Wildman–Crippen MR) is 99.0 cm³/mol. The van der Waals surface area contributed by atoms with Gasteiger partial charge >= 0.3 is 0 Å². The van der Waals surface area contributed by atoms with Crippen LogP contribution in [0.5, 0.6) is 11.5 Å². The normalized spacial score (nSPS) is 14.3. The lowest BCUT2D eigenvalue weighted by molar-refractivity contribution is -0.117. The zero-order chi connectivity index (χ0) is 18.5. The SMILES string of the molecule is C[C@@H](NC(=O)/C(C#N)=C/c1cc(Cl)c2c(c1)OCCO2)c1ccccc1. The topological polar surface area (TPSA) is 71.4 Å². The van der Waals surface area contributed by atoms with Crippen LogP contribution in [0.3, 0.4) is 0 Å². The lowest BCUT2D eigenvalue weighted by Gasteiger charge is -2.19. The molecule has 0 saturated carbocycles. The molecule has 1 aliphatic rings. The van der Waals surface area contributed by atoms with Crippen LogP contribution in [0.2, 0.25) is 5.02 Å². The van der Waals surface area contributed by atoms with Crippen LogP contribution in [0.25, 0.3) is 6.08 Å². The van der Waals surface area contributed by atoms with E-state index < -0.39 is 5.91 Å². The Morgan fingerprint density at radius 3 is 2.73 bits per heavy atom. The zero-order valence-electron chi connectivity index (χ0n) is 14.2. The number of carbonyl (C=O) groups is 1. The summed E-state index contributed by atoms with van der Waals surface area (Å²) >= 11 is 6.20. The van der Waals surface area contributed by atoms with Crippen LogP contribution in [0.1, 0.15) is 24.1 Å². The first-order valence-corrected chi connectivity index (χ1v) is 8.53. The summed E-state index contributed by atoms with van der Waals surface area (Å²) in [5.74, 6) is 0.538. The molecular weight excluding hydrogens is 352 g/mol. The number of hydrogen-bond acceptors (Lipinski definition) is 4. The number of carbonyl (C=O) groups excluding carboxylic acids is 1. The molecule has 2 aromatic carbocycles. The maximum absolute atomic E-state index is 12.4. The summed E-state index contributed by atoms with van der Waals surface area (Å²) in [6, 6.07) is 14.6. The van der Waals surface area contributed by atoms with Crippen molar-refractivity contribution < 1.29 is 14.3 Å². The Hall–Kier alpha value is -2.97. The molecule has 0 radical (unpaired) electrons. The molecule has 0 spiro atoms. The van der Waals surface area contributed by atoms with Crippen molar-refractivity contribution in [1.29, 1.82) is 5.26 Å². The summed E-state index contributed by atoms with van der Waals surface area (Å²) in [4.78, 5) is 12.4. The van der Waals surface area contributed by atoms with Crippen LogP contribution >= 0.6 is 11.6 Å². The molecule has 132 valence electrons. The molecule has 0 aliphatic carbocycles. The largest absolute Gasteiger partial charge is 0.486 e. The highest BCUT2D eigenvalue weighted by atomic mass is 35.5. The zero-order valence-corrected chi connectivity index (χ0v) is 14.9. The molecule has 1 heterocycles. The first kappa shape index (κ1) is 17.8. The fourth-order valence-electron chi connectivity index (χ4n) is 2.63. The number of nitrogens with zero attached hydrogens (tertiary/aromatic N) is 1. The van der Waals surface area contributed by atoms with E-state index in [1.807, 2.05) is 43.3 Å². The van der Waals surface area contributed by atoms with Gasteiger partial charge in [-0.2, -0.15) is 5.26 Å². The number of amides is 1. The number of hydrogen-bond donors (Lipinski definition) is 1. The average molecular weight is 369 g/mol. The van der Waals surface area contributed by atoms with Crippen molar-refractivity contribution in [3.63, 3.8) is 0 Å². The highest BCUT2D eigenvalue weighted by Gasteiger charge is 2.18. The van der Waals surface area contributed by atoms with Gasteiger partial charge in [-0.1, -0.05) is 41.9 Å². The van der Waals surface area contributed by atoms with Gasteiger partial charge in [0.25, 0.3) is 5.91 Å². The highest BCUT2D eigenvalue weighted by molar-refractivity contribution is 6.32. The van der Waals surface area contributed by atoms with E-state index in [0.717, 1.165) is 5.56 Å². The van der Waals surface area contributed by atoms with Gasteiger partial charge in [-0.3, -0.25) is 4.79 Å². The van der Waals surface area contributed by atoms with Crippen LogP contribution in [-0.2, 0) is 4.79 Å². The van der Waals surface area contributed by atoms with Gasteiger partial charge in [0.2, 0.25) is 0 Å². The standard InChI is InChI=1S/C20H17ClN2O3/c1-13(15-5-3-2-4-6-15)23-20(24)16(12-22)9-14-10-17(21)19-18(11-14)25-7-8-26-19/h2-6,9-11,13H,7-8H2,1H3,(H,23,24)/b16-9+/t13-/m1/s1. The van der Waals surface area contributed by atoms with Gasteiger partial charge in [0.15, 0.2) is 11.5 Å². The molecule has 0 unspecified atom stereocenters. The Balaban J connectivity index is 1.81. The van der Waals surface area contributed by atoms with Gasteiger partial charge in [0, 0.05) is 0 Å². The van der Waals surface area contributed by atoms with Gasteiger partial charge in [-0.25, -0.2) is 0 Å². The molecule has 6 heteroatoms. The number of nitriles is 1. The molecular formula is C20H17ClN2O3. The summed E-state index contributed by atoms with van der Waals surface area (Å²) in [6.07, 6.45) is 1.48. The van der Waals surface area contributed by atoms with E-state index in [0.29, 0.717) is 35.3 Å². The van der Waals surface area contributed by atoms with Crippen LogP contribution in [0, 0.1) is 11.3 Å². The van der Waals surface area contributed by atoms with Gasteiger partial charge in [0.05, 0.1) is 11.1 Å². The molecule has 5 nitrogen and oxygen atoms in total. The summed E-state index contributed by atoms with van der Waals surface area (Å²) in [7, 11) is 0. The Morgan fingerprint density at radius 2 is 2.00 bits per heavy atom. The molecule has 0 saturated heterocycles. The molecule has 3 rings (SSSR count). The lowest BCUT2D eigenvalue weighted by Crippen LogP contribution is -2.27. The summed E-state index contributed by atoms with van der Waals surface area (Å²) in [5.41, 5.74) is 1.54. The smallest absolute Gasteiger partial charge is 0.262 e. The first-order valence-electron chi connectivity index (χ1n) is 8.15. The molecule has 2 aromatic rings. The van der Waals surface area contributed by atoms with Crippen molar-refractivity contribution >= 4 is 23.6 Å². The minimum absolute atomic E-state index is 0.0134. The summed E-state index contributed by atoms with van der Waals surface area (Å²) in [6.45, 7) is 2.73. The Kier molecular flexibility index (Phi) is 5.45. The van der Waals surface area contributed by atoms with Crippen molar-refractivity contribution in [1.82, 2.24) is 5.32 Å². The van der Waals surface area contributed by atoms with Crippen molar-refractivity contribution in [2.45, 2.75) is 13.0 Å². The molecule has 1 N–H and O–H groups in total. The van der Waals surface area contributed by atoms with E-state index in [1.54, 1.807) is 12.1 Å². The third-order valence-electron chi connectivity index (χ3n) is 3.94. The fourth-order valence-corrected chi connectivity index (χ4v) is 2.90. The van der Waals surface area contributed by atoms with E-state index in [9.17, 15) is 10.1 Å². The molecule has 1 aliphatic heterocycles. The molecule has 1 atom stereocenters. The second-order valence-electron chi connectivity index (χ2n) is 5.80. The van der Waals surface area contributed by atoms with Crippen LogP contribution in [-0.4, -0.2) is 19.1 Å². The predicted octanol–water partition coefficient (Wildman–Crippen LogP) is 3.90. The van der Waals surface area contributed by atoms with Gasteiger partial charge in [-0.05, 0) is 36.3 Å². The Bertz CT molecular complexity index is 888. The maximum Gasteiger partial charge on any atom is 0.262 e. The summed E-state index contributed by atoms with van der Waals surface area (Å²) < 4.78 is 11.0. The van der Waals surface area contributed by atoms with Crippen molar-refractivity contribution in [3.05, 3.63) is 64.2 Å². The fraction of sp³-hybridized carbons (Fsp3) is 0.200. The first-order chi connectivity index (χ1) is 12.6. The second kappa shape index (κ2) is 7.94. The van der Waals surface area contributed by atoms with Crippen molar-refractivity contribution in [2.75, 3.05) is 13.2 Å². The monoisotopic (exact) mass is 368 g/mol. The number of fused-ring (bicyclic) bond motifs is 1. The molecule has 1 amide bonds. The second-order valence-corrected chi connectivity index (χ2v) is 6.21. The van der Waals surface area contributed by atoms with Crippen LogP contribution in [0.4, 0.5) is 0 Å². The highest BCUT2D eigenvalue weighted by Crippen LogP contribution is 2.38. The van der Waals surface area contributed by atoms with Crippen molar-refractivity contribution in [2.24, 2.45) is 0 Å². The number of ether oxygens (including phenoxy) is 2. The van der Waals surface area contributed by atoms with E-state index in [-0.39, 0.29) is 11.6 Å². The number of nitrogens with one attached hydrogen (secondary N) is 1. The van der Waals surface area contributed by atoms with E-state index in [2.05, 4.69) is 5.32 Å². The Morgan fingerprint density at radius 1 is 1.27 bits per heavy atom.